The van der Waals surface area contributed by atoms with E-state index in [0.29, 0.717) is 41.2 Å². The van der Waals surface area contributed by atoms with Crippen LogP contribution in [0.5, 0.6) is 23.0 Å². The highest BCUT2D eigenvalue weighted by molar-refractivity contribution is 5.83. The van der Waals surface area contributed by atoms with Crippen LogP contribution in [0.1, 0.15) is 37.4 Å². The molecule has 0 aliphatic heterocycles. The Kier molecular flexibility index (Phi) is 6.48. The molecule has 2 aromatic carbocycles. The number of carbonyl (C=O) groups is 2. The molecule has 3 rings (SSSR count). The van der Waals surface area contributed by atoms with Gasteiger partial charge in [0.15, 0.2) is 17.2 Å². The Hall–Kier alpha value is -3.55. The second-order valence-electron chi connectivity index (χ2n) is 7.14. The minimum absolute atomic E-state index is 0.105. The summed E-state index contributed by atoms with van der Waals surface area (Å²) < 4.78 is 21.9. The van der Waals surface area contributed by atoms with E-state index in [1.807, 2.05) is 6.07 Å². The predicted molar refractivity (Wildman–Crippen MR) is 114 cm³/mol. The smallest absolute Gasteiger partial charge is 0.308 e. The summed E-state index contributed by atoms with van der Waals surface area (Å²) in [5, 5.41) is 2.94. The molecule has 0 bridgehead atoms. The topological polar surface area (TPSA) is 100 Å². The number of esters is 1. The average molecular weight is 427 g/mol. The maximum absolute atomic E-state index is 12.6. The Bertz CT molecular complexity index is 1090. The van der Waals surface area contributed by atoms with Gasteiger partial charge in [-0.25, -0.2) is 0 Å². The lowest BCUT2D eigenvalue weighted by molar-refractivity contribution is -0.132. The van der Waals surface area contributed by atoms with E-state index < -0.39 is 17.4 Å². The summed E-state index contributed by atoms with van der Waals surface area (Å²) in [6.45, 7) is 2.66. The number of benzene rings is 1. The van der Waals surface area contributed by atoms with Gasteiger partial charge in [-0.2, -0.15) is 0 Å². The molecule has 0 aromatic heterocycles. The number of ether oxygens (including phenoxy) is 4. The highest BCUT2D eigenvalue weighted by Crippen LogP contribution is 2.50. The van der Waals surface area contributed by atoms with Crippen LogP contribution in [-0.2, 0) is 16.0 Å². The Labute approximate surface area is 180 Å². The highest BCUT2D eigenvalue weighted by Gasteiger charge is 2.29. The summed E-state index contributed by atoms with van der Waals surface area (Å²) in [6, 6.07) is 5.97. The summed E-state index contributed by atoms with van der Waals surface area (Å²) in [4.78, 5) is 36.0. The molecular formula is C23H25NO7. The molecule has 1 aliphatic carbocycles. The van der Waals surface area contributed by atoms with E-state index in [4.69, 9.17) is 18.9 Å². The largest absolute Gasteiger partial charge is 0.493 e. The Balaban J connectivity index is 2.41. The predicted octanol–water partition coefficient (Wildman–Crippen LogP) is 2.79. The number of hydrogen-bond donors (Lipinski definition) is 1. The lowest BCUT2D eigenvalue weighted by Crippen LogP contribution is -2.26. The maximum Gasteiger partial charge on any atom is 0.308 e. The van der Waals surface area contributed by atoms with Crippen molar-refractivity contribution < 1.29 is 28.5 Å². The molecule has 164 valence electrons. The van der Waals surface area contributed by atoms with Gasteiger partial charge in [-0.1, -0.05) is 0 Å². The highest BCUT2D eigenvalue weighted by atomic mass is 16.5. The number of fused-ring (bicyclic) bond motifs is 3. The summed E-state index contributed by atoms with van der Waals surface area (Å²) in [5.74, 6) is 0.462. The molecule has 2 aromatic rings. The molecule has 1 unspecified atom stereocenters. The molecule has 8 heteroatoms. The standard InChI is InChI=1S/C23H25NO7/c1-12(25)24-17-8-6-14-10-20(28-3)22(29-4)23(30-5)21(14)15-7-9-18(27)19(11-16(15)17)31-13(2)26/h7,9-11,17H,6,8H2,1-5H3,(H,24,25). The SMILES string of the molecule is COc1cc2c(c(OC)c1OC)-c1ccc(=O)c(OC(C)=O)cc1C(NC(C)=O)CC2. The number of amides is 1. The molecule has 1 N–H and O–H groups in total. The van der Waals surface area contributed by atoms with Crippen molar-refractivity contribution in [3.8, 4) is 34.1 Å². The van der Waals surface area contributed by atoms with Crippen molar-refractivity contribution in [1.82, 2.24) is 5.32 Å². The molecule has 1 atom stereocenters. The summed E-state index contributed by atoms with van der Waals surface area (Å²) in [7, 11) is 4.59. The van der Waals surface area contributed by atoms with Gasteiger partial charge in [0.1, 0.15) is 0 Å². The number of aryl methyl sites for hydroxylation is 1. The second-order valence-corrected chi connectivity index (χ2v) is 7.14. The van der Waals surface area contributed by atoms with E-state index in [2.05, 4.69) is 5.32 Å². The van der Waals surface area contributed by atoms with Gasteiger partial charge in [0.05, 0.1) is 27.4 Å². The Morgan fingerprint density at radius 3 is 2.26 bits per heavy atom. The van der Waals surface area contributed by atoms with Gasteiger partial charge in [-0.3, -0.25) is 14.4 Å². The molecular weight excluding hydrogens is 402 g/mol. The van der Waals surface area contributed by atoms with Crippen molar-refractivity contribution in [3.05, 3.63) is 45.6 Å². The van der Waals surface area contributed by atoms with Crippen molar-refractivity contribution in [2.75, 3.05) is 21.3 Å². The Morgan fingerprint density at radius 1 is 0.968 bits per heavy atom. The minimum atomic E-state index is -0.605. The summed E-state index contributed by atoms with van der Waals surface area (Å²) in [6.07, 6.45) is 1.15. The normalized spacial score (nSPS) is 14.4. The van der Waals surface area contributed by atoms with Crippen LogP contribution in [-0.4, -0.2) is 33.2 Å². The van der Waals surface area contributed by atoms with Crippen LogP contribution in [0.3, 0.4) is 0 Å². The van der Waals surface area contributed by atoms with Crippen LogP contribution in [0, 0.1) is 0 Å². The van der Waals surface area contributed by atoms with Crippen LogP contribution in [0.25, 0.3) is 11.1 Å². The number of rotatable bonds is 5. The molecule has 8 nitrogen and oxygen atoms in total. The lowest BCUT2D eigenvalue weighted by atomic mass is 9.95. The van der Waals surface area contributed by atoms with Crippen molar-refractivity contribution in [3.63, 3.8) is 0 Å². The molecule has 0 saturated heterocycles. The molecule has 0 spiro atoms. The van der Waals surface area contributed by atoms with Gasteiger partial charge in [0.25, 0.3) is 0 Å². The van der Waals surface area contributed by atoms with Gasteiger partial charge in [-0.05, 0) is 53.8 Å². The minimum Gasteiger partial charge on any atom is -0.493 e. The van der Waals surface area contributed by atoms with Crippen molar-refractivity contribution >= 4 is 11.9 Å². The number of nitrogens with one attached hydrogen (secondary N) is 1. The first-order valence-corrected chi connectivity index (χ1v) is 9.76. The molecule has 31 heavy (non-hydrogen) atoms. The van der Waals surface area contributed by atoms with Crippen molar-refractivity contribution in [2.45, 2.75) is 32.7 Å². The van der Waals surface area contributed by atoms with Crippen LogP contribution < -0.4 is 29.7 Å². The van der Waals surface area contributed by atoms with Crippen LogP contribution in [0.2, 0.25) is 0 Å². The molecule has 0 saturated carbocycles. The molecule has 0 radical (unpaired) electrons. The third-order valence-electron chi connectivity index (χ3n) is 5.13. The molecule has 0 fully saturated rings. The first kappa shape index (κ1) is 22.1. The maximum atomic E-state index is 12.6. The van der Waals surface area contributed by atoms with Crippen LogP contribution in [0.15, 0.2) is 29.1 Å². The van der Waals surface area contributed by atoms with Gasteiger partial charge in [0.2, 0.25) is 17.1 Å². The summed E-state index contributed by atoms with van der Waals surface area (Å²) >= 11 is 0. The van der Waals surface area contributed by atoms with Crippen LogP contribution >= 0.6 is 0 Å². The summed E-state index contributed by atoms with van der Waals surface area (Å²) in [5.41, 5.74) is 2.49. The van der Waals surface area contributed by atoms with Crippen LogP contribution in [0.4, 0.5) is 0 Å². The zero-order chi connectivity index (χ0) is 22.7. The zero-order valence-electron chi connectivity index (χ0n) is 18.2. The Morgan fingerprint density at radius 2 is 1.68 bits per heavy atom. The van der Waals surface area contributed by atoms with E-state index in [1.54, 1.807) is 13.2 Å². The van der Waals surface area contributed by atoms with E-state index in [1.165, 1.54) is 40.2 Å². The lowest BCUT2D eigenvalue weighted by Gasteiger charge is -2.20. The van der Waals surface area contributed by atoms with Crippen molar-refractivity contribution in [2.24, 2.45) is 0 Å². The fraction of sp³-hybridized carbons (Fsp3) is 0.348. The average Bonchev–Trinajstić information content (AvgIpc) is 2.96. The van der Waals surface area contributed by atoms with E-state index in [9.17, 15) is 14.4 Å². The first-order chi connectivity index (χ1) is 14.8. The monoisotopic (exact) mass is 427 g/mol. The van der Waals surface area contributed by atoms with Gasteiger partial charge >= 0.3 is 5.97 Å². The fourth-order valence-corrected chi connectivity index (χ4v) is 3.93. The number of carbonyl (C=O) groups excluding carboxylic acids is 2. The van der Waals surface area contributed by atoms with E-state index >= 15 is 0 Å². The molecule has 1 aliphatic rings. The first-order valence-electron chi connectivity index (χ1n) is 9.76. The fourth-order valence-electron chi connectivity index (χ4n) is 3.93. The number of hydrogen-bond acceptors (Lipinski definition) is 7. The third kappa shape index (κ3) is 4.33. The molecule has 1 amide bonds. The molecule has 0 heterocycles. The third-order valence-corrected chi connectivity index (χ3v) is 5.13. The van der Waals surface area contributed by atoms with Crippen molar-refractivity contribution in [1.29, 1.82) is 0 Å². The van der Waals surface area contributed by atoms with E-state index in [-0.39, 0.29) is 11.7 Å². The number of methoxy groups -OCH3 is 3. The zero-order valence-corrected chi connectivity index (χ0v) is 18.2. The van der Waals surface area contributed by atoms with Gasteiger partial charge in [-0.15, -0.1) is 0 Å². The second kappa shape index (κ2) is 9.07. The van der Waals surface area contributed by atoms with E-state index in [0.717, 1.165) is 11.1 Å². The van der Waals surface area contributed by atoms with Gasteiger partial charge < -0.3 is 24.3 Å². The quantitative estimate of drug-likeness (QED) is 0.733. The van der Waals surface area contributed by atoms with Gasteiger partial charge in [0, 0.05) is 19.4 Å².